The molecule has 2 heteroatoms. The van der Waals surface area contributed by atoms with Gasteiger partial charge in [-0.25, -0.2) is 0 Å². The SMILES string of the molecule is C=C1COC2CCNCC2C1. The van der Waals surface area contributed by atoms with Crippen LogP contribution in [-0.2, 0) is 4.74 Å². The second-order valence-corrected chi connectivity index (χ2v) is 3.56. The van der Waals surface area contributed by atoms with E-state index in [1.807, 2.05) is 0 Å². The summed E-state index contributed by atoms with van der Waals surface area (Å²) in [5, 5.41) is 3.38. The van der Waals surface area contributed by atoms with E-state index >= 15 is 0 Å². The smallest absolute Gasteiger partial charge is 0.0678 e. The first kappa shape index (κ1) is 7.32. The maximum Gasteiger partial charge on any atom is 0.0678 e. The number of rotatable bonds is 0. The Hall–Kier alpha value is -0.340. The zero-order valence-corrected chi connectivity index (χ0v) is 6.81. The minimum absolute atomic E-state index is 0.516. The Kier molecular flexibility index (Phi) is 1.96. The molecule has 0 spiro atoms. The lowest BCUT2D eigenvalue weighted by molar-refractivity contribution is -0.0161. The first-order valence-corrected chi connectivity index (χ1v) is 4.35. The predicted octanol–water partition coefficient (Wildman–Crippen LogP) is 0.941. The molecule has 0 aliphatic carbocycles. The van der Waals surface area contributed by atoms with Gasteiger partial charge in [0.25, 0.3) is 0 Å². The van der Waals surface area contributed by atoms with Crippen molar-refractivity contribution in [2.24, 2.45) is 5.92 Å². The normalized spacial score (nSPS) is 38.4. The van der Waals surface area contributed by atoms with Crippen molar-refractivity contribution in [3.05, 3.63) is 12.2 Å². The lowest BCUT2D eigenvalue weighted by Crippen LogP contribution is -2.44. The molecule has 11 heavy (non-hydrogen) atoms. The van der Waals surface area contributed by atoms with E-state index in [1.165, 1.54) is 12.0 Å². The summed E-state index contributed by atoms with van der Waals surface area (Å²) in [4.78, 5) is 0. The zero-order chi connectivity index (χ0) is 7.68. The second-order valence-electron chi connectivity index (χ2n) is 3.56. The van der Waals surface area contributed by atoms with Gasteiger partial charge in [-0.15, -0.1) is 0 Å². The fourth-order valence-corrected chi connectivity index (χ4v) is 1.98. The van der Waals surface area contributed by atoms with Gasteiger partial charge in [0.15, 0.2) is 0 Å². The highest BCUT2D eigenvalue weighted by atomic mass is 16.5. The van der Waals surface area contributed by atoms with Gasteiger partial charge in [0.2, 0.25) is 0 Å². The molecule has 0 radical (unpaired) electrons. The topological polar surface area (TPSA) is 21.3 Å². The molecule has 2 saturated heterocycles. The fourth-order valence-electron chi connectivity index (χ4n) is 1.98. The third kappa shape index (κ3) is 1.47. The Morgan fingerprint density at radius 1 is 1.55 bits per heavy atom. The van der Waals surface area contributed by atoms with E-state index in [-0.39, 0.29) is 0 Å². The van der Waals surface area contributed by atoms with E-state index in [0.29, 0.717) is 12.0 Å². The molecule has 0 aromatic rings. The minimum Gasteiger partial charge on any atom is -0.373 e. The quantitative estimate of drug-likeness (QED) is 0.523. The molecule has 0 amide bonds. The third-order valence-electron chi connectivity index (χ3n) is 2.59. The molecule has 2 atom stereocenters. The summed E-state index contributed by atoms with van der Waals surface area (Å²) in [7, 11) is 0. The average Bonchev–Trinajstić information content (AvgIpc) is 2.04. The van der Waals surface area contributed by atoms with E-state index in [4.69, 9.17) is 4.74 Å². The minimum atomic E-state index is 0.516. The molecule has 2 aliphatic heterocycles. The molecule has 2 unspecified atom stereocenters. The van der Waals surface area contributed by atoms with Crippen LogP contribution in [0, 0.1) is 5.92 Å². The summed E-state index contributed by atoms with van der Waals surface area (Å²) in [5.41, 5.74) is 1.26. The monoisotopic (exact) mass is 153 g/mol. The van der Waals surface area contributed by atoms with Gasteiger partial charge in [0.05, 0.1) is 12.7 Å². The largest absolute Gasteiger partial charge is 0.373 e. The summed E-state index contributed by atoms with van der Waals surface area (Å²) in [6, 6.07) is 0. The van der Waals surface area contributed by atoms with Crippen LogP contribution < -0.4 is 5.32 Å². The van der Waals surface area contributed by atoms with Crippen LogP contribution in [0.25, 0.3) is 0 Å². The van der Waals surface area contributed by atoms with Crippen LogP contribution in [-0.4, -0.2) is 25.8 Å². The molecule has 0 aromatic carbocycles. The molecule has 0 bridgehead atoms. The Morgan fingerprint density at radius 3 is 3.36 bits per heavy atom. The first-order valence-electron chi connectivity index (χ1n) is 4.35. The maximum atomic E-state index is 5.65. The molecule has 62 valence electrons. The van der Waals surface area contributed by atoms with Crippen LogP contribution in [0.3, 0.4) is 0 Å². The van der Waals surface area contributed by atoms with Gasteiger partial charge in [0, 0.05) is 12.5 Å². The van der Waals surface area contributed by atoms with Crippen molar-refractivity contribution in [3.8, 4) is 0 Å². The fraction of sp³-hybridized carbons (Fsp3) is 0.778. The molecule has 0 aromatic heterocycles. The van der Waals surface area contributed by atoms with Crippen molar-refractivity contribution < 1.29 is 4.74 Å². The Balaban J connectivity index is 1.98. The van der Waals surface area contributed by atoms with E-state index in [0.717, 1.165) is 26.1 Å². The van der Waals surface area contributed by atoms with Crippen LogP contribution >= 0.6 is 0 Å². The van der Waals surface area contributed by atoms with Crippen molar-refractivity contribution >= 4 is 0 Å². The van der Waals surface area contributed by atoms with Gasteiger partial charge in [-0.1, -0.05) is 12.2 Å². The standard InChI is InChI=1S/C9H15NO/c1-7-4-8-5-10-3-2-9(8)11-6-7/h8-10H,1-6H2. The highest BCUT2D eigenvalue weighted by Gasteiger charge is 2.29. The number of ether oxygens (including phenoxy) is 1. The molecular formula is C9H15NO. The molecule has 2 nitrogen and oxygen atoms in total. The number of hydrogen-bond donors (Lipinski definition) is 1. The van der Waals surface area contributed by atoms with E-state index in [2.05, 4.69) is 11.9 Å². The first-order chi connectivity index (χ1) is 5.36. The zero-order valence-electron chi connectivity index (χ0n) is 6.81. The molecule has 2 rings (SSSR count). The van der Waals surface area contributed by atoms with Crippen molar-refractivity contribution in [3.63, 3.8) is 0 Å². The number of fused-ring (bicyclic) bond motifs is 1. The summed E-state index contributed by atoms with van der Waals surface area (Å²) < 4.78 is 5.65. The van der Waals surface area contributed by atoms with Crippen molar-refractivity contribution in [1.82, 2.24) is 5.32 Å². The number of piperidine rings is 1. The Morgan fingerprint density at radius 2 is 2.45 bits per heavy atom. The molecular weight excluding hydrogens is 138 g/mol. The van der Waals surface area contributed by atoms with Crippen LogP contribution in [0.5, 0.6) is 0 Å². The predicted molar refractivity (Wildman–Crippen MR) is 44.5 cm³/mol. The van der Waals surface area contributed by atoms with Crippen LogP contribution in [0.1, 0.15) is 12.8 Å². The number of hydrogen-bond acceptors (Lipinski definition) is 2. The van der Waals surface area contributed by atoms with Gasteiger partial charge < -0.3 is 10.1 Å². The average molecular weight is 153 g/mol. The Bertz CT molecular complexity index is 167. The van der Waals surface area contributed by atoms with E-state index in [9.17, 15) is 0 Å². The Labute approximate surface area is 67.6 Å². The van der Waals surface area contributed by atoms with Crippen LogP contribution in [0.2, 0.25) is 0 Å². The molecule has 2 fully saturated rings. The molecule has 2 heterocycles. The van der Waals surface area contributed by atoms with Crippen LogP contribution in [0.4, 0.5) is 0 Å². The summed E-state index contributed by atoms with van der Waals surface area (Å²) in [6.07, 6.45) is 2.86. The van der Waals surface area contributed by atoms with E-state index < -0.39 is 0 Å². The lowest BCUT2D eigenvalue weighted by Gasteiger charge is -2.36. The maximum absolute atomic E-state index is 5.65. The molecule has 0 saturated carbocycles. The van der Waals surface area contributed by atoms with Gasteiger partial charge in [-0.05, 0) is 19.4 Å². The van der Waals surface area contributed by atoms with Gasteiger partial charge in [-0.3, -0.25) is 0 Å². The highest BCUT2D eigenvalue weighted by Crippen LogP contribution is 2.26. The highest BCUT2D eigenvalue weighted by molar-refractivity contribution is 5.02. The summed E-state index contributed by atoms with van der Waals surface area (Å²) in [6.45, 7) is 6.98. The van der Waals surface area contributed by atoms with Crippen molar-refractivity contribution in [2.45, 2.75) is 18.9 Å². The van der Waals surface area contributed by atoms with Gasteiger partial charge >= 0.3 is 0 Å². The third-order valence-corrected chi connectivity index (χ3v) is 2.59. The summed E-state index contributed by atoms with van der Waals surface area (Å²) >= 11 is 0. The molecule has 1 N–H and O–H groups in total. The number of nitrogens with one attached hydrogen (secondary N) is 1. The second kappa shape index (κ2) is 2.95. The van der Waals surface area contributed by atoms with Crippen LogP contribution in [0.15, 0.2) is 12.2 Å². The summed E-state index contributed by atoms with van der Waals surface area (Å²) in [5.74, 6) is 0.699. The van der Waals surface area contributed by atoms with Gasteiger partial charge in [-0.2, -0.15) is 0 Å². The molecule has 2 aliphatic rings. The lowest BCUT2D eigenvalue weighted by atomic mass is 9.88. The van der Waals surface area contributed by atoms with Crippen molar-refractivity contribution in [2.75, 3.05) is 19.7 Å². The van der Waals surface area contributed by atoms with E-state index in [1.54, 1.807) is 0 Å². The van der Waals surface area contributed by atoms with Crippen molar-refractivity contribution in [1.29, 1.82) is 0 Å². The van der Waals surface area contributed by atoms with Gasteiger partial charge in [0.1, 0.15) is 0 Å².